The second-order valence-electron chi connectivity index (χ2n) is 6.80. The lowest BCUT2D eigenvalue weighted by Gasteiger charge is -2.22. The first kappa shape index (κ1) is 22.2. The SMILES string of the molecule is O=C(CN(Cc1ccccc1)S(=O)(=O)c1ccc(Br)cc1)NCCc1ccccc1. The van der Waals surface area contributed by atoms with Gasteiger partial charge in [-0.3, -0.25) is 4.79 Å². The minimum Gasteiger partial charge on any atom is -0.355 e. The number of amides is 1. The van der Waals surface area contributed by atoms with Crippen LogP contribution in [0, 0.1) is 0 Å². The summed E-state index contributed by atoms with van der Waals surface area (Å²) in [6.07, 6.45) is 0.685. The van der Waals surface area contributed by atoms with E-state index in [1.807, 2.05) is 60.7 Å². The molecule has 0 heterocycles. The molecule has 0 aliphatic carbocycles. The van der Waals surface area contributed by atoms with E-state index in [1.165, 1.54) is 16.4 Å². The maximum absolute atomic E-state index is 13.2. The van der Waals surface area contributed by atoms with Crippen molar-refractivity contribution in [3.63, 3.8) is 0 Å². The number of hydrogen-bond acceptors (Lipinski definition) is 3. The van der Waals surface area contributed by atoms with Crippen molar-refractivity contribution >= 4 is 31.9 Å². The van der Waals surface area contributed by atoms with Crippen LogP contribution in [0.3, 0.4) is 0 Å². The quantitative estimate of drug-likeness (QED) is 0.496. The normalized spacial score (nSPS) is 11.4. The van der Waals surface area contributed by atoms with Crippen molar-refractivity contribution in [1.82, 2.24) is 9.62 Å². The molecule has 3 rings (SSSR count). The number of hydrogen-bond donors (Lipinski definition) is 1. The van der Waals surface area contributed by atoms with Gasteiger partial charge in [-0.15, -0.1) is 0 Å². The van der Waals surface area contributed by atoms with Crippen molar-refractivity contribution in [2.45, 2.75) is 17.9 Å². The summed E-state index contributed by atoms with van der Waals surface area (Å²) in [6.45, 7) is 0.313. The molecule has 5 nitrogen and oxygen atoms in total. The number of nitrogens with one attached hydrogen (secondary N) is 1. The summed E-state index contributed by atoms with van der Waals surface area (Å²) >= 11 is 3.32. The van der Waals surface area contributed by atoms with Crippen molar-refractivity contribution in [2.75, 3.05) is 13.1 Å². The highest BCUT2D eigenvalue weighted by Gasteiger charge is 2.26. The van der Waals surface area contributed by atoms with Crippen LogP contribution in [0.25, 0.3) is 0 Å². The van der Waals surface area contributed by atoms with Crippen LogP contribution in [0.4, 0.5) is 0 Å². The van der Waals surface area contributed by atoms with Gasteiger partial charge in [-0.05, 0) is 41.8 Å². The lowest BCUT2D eigenvalue weighted by Crippen LogP contribution is -2.40. The van der Waals surface area contributed by atoms with Crippen molar-refractivity contribution in [1.29, 1.82) is 0 Å². The van der Waals surface area contributed by atoms with Gasteiger partial charge < -0.3 is 5.32 Å². The van der Waals surface area contributed by atoms with Gasteiger partial charge in [0.1, 0.15) is 0 Å². The molecule has 0 bridgehead atoms. The first-order valence-electron chi connectivity index (χ1n) is 9.55. The molecule has 0 radical (unpaired) electrons. The standard InChI is InChI=1S/C23H23BrN2O3S/c24-21-11-13-22(14-12-21)30(28,29)26(17-20-9-5-2-6-10-20)18-23(27)25-16-15-19-7-3-1-4-8-19/h1-14H,15-18H2,(H,25,27). The monoisotopic (exact) mass is 486 g/mol. The highest BCUT2D eigenvalue weighted by atomic mass is 79.9. The predicted octanol–water partition coefficient (Wildman–Crippen LogP) is 4.00. The second-order valence-corrected chi connectivity index (χ2v) is 9.65. The van der Waals surface area contributed by atoms with Crippen LogP contribution in [0.15, 0.2) is 94.3 Å². The molecule has 0 atom stereocenters. The fourth-order valence-electron chi connectivity index (χ4n) is 2.98. The first-order chi connectivity index (χ1) is 14.4. The highest BCUT2D eigenvalue weighted by Crippen LogP contribution is 2.20. The maximum Gasteiger partial charge on any atom is 0.243 e. The molecule has 0 aliphatic heterocycles. The molecule has 7 heteroatoms. The van der Waals surface area contributed by atoms with Gasteiger partial charge in [0.05, 0.1) is 11.4 Å². The molecule has 1 amide bonds. The van der Waals surface area contributed by atoms with Crippen LogP contribution in [0.5, 0.6) is 0 Å². The summed E-state index contributed by atoms with van der Waals surface area (Å²) in [4.78, 5) is 12.7. The number of nitrogens with zero attached hydrogens (tertiary/aromatic N) is 1. The topological polar surface area (TPSA) is 66.5 Å². The Kier molecular flexibility index (Phi) is 7.79. The van der Waals surface area contributed by atoms with Crippen LogP contribution in [-0.2, 0) is 27.8 Å². The van der Waals surface area contributed by atoms with Crippen LogP contribution in [-0.4, -0.2) is 31.7 Å². The van der Waals surface area contributed by atoms with E-state index in [4.69, 9.17) is 0 Å². The third-order valence-corrected chi connectivity index (χ3v) is 6.89. The zero-order chi connectivity index (χ0) is 21.4. The van der Waals surface area contributed by atoms with Gasteiger partial charge in [0.25, 0.3) is 0 Å². The van der Waals surface area contributed by atoms with Crippen LogP contribution in [0.1, 0.15) is 11.1 Å². The molecule has 0 saturated heterocycles. The minimum atomic E-state index is -3.84. The number of benzene rings is 3. The van der Waals surface area contributed by atoms with Crippen molar-refractivity contribution in [3.05, 3.63) is 101 Å². The fraction of sp³-hybridized carbons (Fsp3) is 0.174. The van der Waals surface area contributed by atoms with E-state index in [1.54, 1.807) is 12.1 Å². The Morgan fingerprint density at radius 1 is 0.833 bits per heavy atom. The van der Waals surface area contributed by atoms with E-state index in [2.05, 4.69) is 21.2 Å². The largest absolute Gasteiger partial charge is 0.355 e. The molecule has 1 N–H and O–H groups in total. The third-order valence-electron chi connectivity index (χ3n) is 4.55. The summed E-state index contributed by atoms with van der Waals surface area (Å²) in [6, 6.07) is 25.5. The molecule has 0 unspecified atom stereocenters. The Morgan fingerprint density at radius 3 is 2.00 bits per heavy atom. The molecule has 0 spiro atoms. The Labute approximate surface area is 185 Å². The van der Waals surface area contributed by atoms with Crippen molar-refractivity contribution in [3.8, 4) is 0 Å². The Hall–Kier alpha value is -2.48. The maximum atomic E-state index is 13.2. The summed E-state index contributed by atoms with van der Waals surface area (Å²) < 4.78 is 28.4. The number of halogens is 1. The van der Waals surface area contributed by atoms with Gasteiger partial charge >= 0.3 is 0 Å². The average Bonchev–Trinajstić information content (AvgIpc) is 2.75. The molecule has 0 saturated carbocycles. The fourth-order valence-corrected chi connectivity index (χ4v) is 4.62. The smallest absolute Gasteiger partial charge is 0.243 e. The summed E-state index contributed by atoms with van der Waals surface area (Å²) in [5.41, 5.74) is 1.93. The van der Waals surface area contributed by atoms with Crippen LogP contribution >= 0.6 is 15.9 Å². The van der Waals surface area contributed by atoms with Gasteiger partial charge in [-0.1, -0.05) is 76.6 Å². The second kappa shape index (κ2) is 10.5. The molecular weight excluding hydrogens is 464 g/mol. The summed E-state index contributed by atoms with van der Waals surface area (Å²) in [7, 11) is -3.84. The Bertz CT molecular complexity index is 1060. The van der Waals surface area contributed by atoms with Crippen molar-refractivity contribution < 1.29 is 13.2 Å². The predicted molar refractivity (Wildman–Crippen MR) is 121 cm³/mol. The lowest BCUT2D eigenvalue weighted by molar-refractivity contribution is -0.121. The lowest BCUT2D eigenvalue weighted by atomic mass is 10.1. The number of carbonyl (C=O) groups excluding carboxylic acids is 1. The van der Waals surface area contributed by atoms with Crippen molar-refractivity contribution in [2.24, 2.45) is 0 Å². The number of sulfonamides is 1. The zero-order valence-corrected chi connectivity index (χ0v) is 18.8. The molecule has 156 valence electrons. The van der Waals surface area contributed by atoms with E-state index in [0.29, 0.717) is 13.0 Å². The van der Waals surface area contributed by atoms with E-state index in [9.17, 15) is 13.2 Å². The van der Waals surface area contributed by atoms with E-state index < -0.39 is 10.0 Å². The summed E-state index contributed by atoms with van der Waals surface area (Å²) in [5, 5.41) is 2.83. The van der Waals surface area contributed by atoms with Gasteiger partial charge in [0, 0.05) is 17.6 Å². The van der Waals surface area contributed by atoms with Crippen LogP contribution < -0.4 is 5.32 Å². The summed E-state index contributed by atoms with van der Waals surface area (Å²) in [5.74, 6) is -0.331. The molecular formula is C23H23BrN2O3S. The minimum absolute atomic E-state index is 0.116. The van der Waals surface area contributed by atoms with Gasteiger partial charge in [-0.25, -0.2) is 8.42 Å². The van der Waals surface area contributed by atoms with E-state index >= 15 is 0 Å². The molecule has 30 heavy (non-hydrogen) atoms. The highest BCUT2D eigenvalue weighted by molar-refractivity contribution is 9.10. The molecule has 3 aromatic carbocycles. The number of carbonyl (C=O) groups is 1. The average molecular weight is 487 g/mol. The first-order valence-corrected chi connectivity index (χ1v) is 11.8. The van der Waals surface area contributed by atoms with E-state index in [-0.39, 0.29) is 23.9 Å². The Morgan fingerprint density at radius 2 is 1.40 bits per heavy atom. The zero-order valence-electron chi connectivity index (χ0n) is 16.4. The molecule has 3 aromatic rings. The van der Waals surface area contributed by atoms with Crippen LogP contribution in [0.2, 0.25) is 0 Å². The molecule has 0 aliphatic rings. The van der Waals surface area contributed by atoms with E-state index in [0.717, 1.165) is 15.6 Å². The Balaban J connectivity index is 1.72. The third kappa shape index (κ3) is 6.26. The van der Waals surface area contributed by atoms with Gasteiger partial charge in [-0.2, -0.15) is 4.31 Å². The van der Waals surface area contributed by atoms with Gasteiger partial charge in [0.2, 0.25) is 15.9 Å². The molecule has 0 aromatic heterocycles. The molecule has 0 fully saturated rings. The van der Waals surface area contributed by atoms with Gasteiger partial charge in [0.15, 0.2) is 0 Å². The number of rotatable bonds is 9.